The number of carbonyl (C=O) groups is 3. The molecule has 8 nitrogen and oxygen atoms in total. The number of amides is 3. The summed E-state index contributed by atoms with van der Waals surface area (Å²) >= 11 is 0. The lowest BCUT2D eigenvalue weighted by molar-refractivity contribution is -0.144. The van der Waals surface area contributed by atoms with Gasteiger partial charge in [0.2, 0.25) is 0 Å². The number of ether oxygens (including phenoxy) is 3. The zero-order valence-electron chi connectivity index (χ0n) is 27.5. The average Bonchev–Trinajstić information content (AvgIpc) is 2.94. The number of imide groups is 1. The van der Waals surface area contributed by atoms with Gasteiger partial charge in [0.15, 0.2) is 0 Å². The van der Waals surface area contributed by atoms with Gasteiger partial charge in [0.1, 0.15) is 0 Å². The Balaban J connectivity index is 2.07. The van der Waals surface area contributed by atoms with E-state index in [0.717, 1.165) is 37.0 Å². The van der Waals surface area contributed by atoms with Crippen molar-refractivity contribution in [2.45, 2.75) is 162 Å². The van der Waals surface area contributed by atoms with Gasteiger partial charge in [-0.2, -0.15) is 0 Å². The smallest absolute Gasteiger partial charge is 0.418 e. The molecular formula is C34H60N2O6. The molecule has 8 heteroatoms. The molecule has 1 fully saturated rings. The number of hydrogen-bond acceptors (Lipinski definition) is 6. The van der Waals surface area contributed by atoms with Gasteiger partial charge < -0.3 is 19.5 Å². The first kappa shape index (κ1) is 36.1. The average molecular weight is 593 g/mol. The number of urea groups is 1. The van der Waals surface area contributed by atoms with Crippen LogP contribution in [0.15, 0.2) is 11.3 Å². The molecule has 1 aliphatic heterocycles. The fourth-order valence-corrected chi connectivity index (χ4v) is 6.84. The van der Waals surface area contributed by atoms with Crippen molar-refractivity contribution < 1.29 is 28.6 Å². The Morgan fingerprint density at radius 2 is 1.48 bits per heavy atom. The Bertz CT molecular complexity index is 857. The first-order valence-corrected chi connectivity index (χ1v) is 17.0. The summed E-state index contributed by atoms with van der Waals surface area (Å²) in [6.45, 7) is 9.40. The summed E-state index contributed by atoms with van der Waals surface area (Å²) in [5.74, 6) is -0.526. The van der Waals surface area contributed by atoms with Crippen LogP contribution in [0.1, 0.15) is 144 Å². The summed E-state index contributed by atoms with van der Waals surface area (Å²) in [7, 11) is 1.69. The van der Waals surface area contributed by atoms with E-state index in [1.807, 2.05) is 0 Å². The summed E-state index contributed by atoms with van der Waals surface area (Å²) in [6.07, 6.45) is 19.5. The molecule has 0 bridgehead atoms. The molecule has 0 aromatic carbocycles. The predicted octanol–water partition coefficient (Wildman–Crippen LogP) is 8.67. The second-order valence-corrected chi connectivity index (χ2v) is 12.5. The number of esters is 1. The Morgan fingerprint density at radius 3 is 2.00 bits per heavy atom. The molecule has 4 atom stereocenters. The van der Waals surface area contributed by atoms with E-state index in [1.165, 1.54) is 77.0 Å². The maximum atomic E-state index is 13.4. The van der Waals surface area contributed by atoms with Crippen LogP contribution in [0, 0.1) is 11.8 Å². The Morgan fingerprint density at radius 1 is 0.905 bits per heavy atom. The van der Waals surface area contributed by atoms with Crippen molar-refractivity contribution in [3.05, 3.63) is 11.3 Å². The molecule has 1 aliphatic carbocycles. The number of carbonyl (C=O) groups excluding carboxylic acids is 3. The van der Waals surface area contributed by atoms with E-state index < -0.39 is 24.1 Å². The van der Waals surface area contributed by atoms with Crippen LogP contribution in [0.2, 0.25) is 0 Å². The van der Waals surface area contributed by atoms with Crippen molar-refractivity contribution in [3.8, 4) is 0 Å². The Hall–Kier alpha value is -2.09. The van der Waals surface area contributed by atoms with E-state index in [0.29, 0.717) is 11.3 Å². The van der Waals surface area contributed by atoms with Crippen LogP contribution in [-0.2, 0) is 19.0 Å². The fraction of sp³-hybridized carbons (Fsp3) is 0.853. The summed E-state index contributed by atoms with van der Waals surface area (Å²) in [5, 5.41) is 2.71. The fourth-order valence-electron chi connectivity index (χ4n) is 6.84. The van der Waals surface area contributed by atoms with Gasteiger partial charge in [-0.05, 0) is 52.9 Å². The lowest BCUT2D eigenvalue weighted by Gasteiger charge is -2.47. The maximum absolute atomic E-state index is 13.4. The molecule has 0 saturated heterocycles. The molecule has 0 spiro atoms. The zero-order valence-corrected chi connectivity index (χ0v) is 27.5. The molecule has 0 aromatic rings. The summed E-state index contributed by atoms with van der Waals surface area (Å²) in [4.78, 5) is 41.0. The van der Waals surface area contributed by atoms with Gasteiger partial charge in [-0.25, -0.2) is 19.3 Å². The number of rotatable bonds is 19. The van der Waals surface area contributed by atoms with Gasteiger partial charge in [0.05, 0.1) is 30.4 Å². The highest BCUT2D eigenvalue weighted by atomic mass is 16.6. The van der Waals surface area contributed by atoms with Crippen LogP contribution < -0.4 is 5.32 Å². The lowest BCUT2D eigenvalue weighted by Crippen LogP contribution is -2.61. The third-order valence-corrected chi connectivity index (χ3v) is 8.90. The van der Waals surface area contributed by atoms with E-state index >= 15 is 0 Å². The van der Waals surface area contributed by atoms with Gasteiger partial charge >= 0.3 is 18.1 Å². The minimum atomic E-state index is -0.804. The molecule has 0 radical (unpaired) electrons. The minimum absolute atomic E-state index is 0.130. The monoisotopic (exact) mass is 592 g/mol. The molecule has 242 valence electrons. The third kappa shape index (κ3) is 11.2. The number of methoxy groups -OCH3 is 1. The summed E-state index contributed by atoms with van der Waals surface area (Å²) in [6, 6.07) is -1.38. The van der Waals surface area contributed by atoms with Crippen LogP contribution in [-0.4, -0.2) is 55.0 Å². The minimum Gasteiger partial charge on any atom is -0.460 e. The number of unbranched alkanes of at least 4 members (excludes halogenated alkanes) is 12. The van der Waals surface area contributed by atoms with Crippen LogP contribution in [0.3, 0.4) is 0 Å². The summed E-state index contributed by atoms with van der Waals surface area (Å²) < 4.78 is 16.9. The molecule has 42 heavy (non-hydrogen) atoms. The quantitative estimate of drug-likeness (QED) is 0.119. The Kier molecular flexibility index (Phi) is 17.2. The molecule has 0 aromatic heterocycles. The van der Waals surface area contributed by atoms with Crippen molar-refractivity contribution in [3.63, 3.8) is 0 Å². The van der Waals surface area contributed by atoms with Crippen LogP contribution in [0.4, 0.5) is 9.59 Å². The third-order valence-electron chi connectivity index (χ3n) is 8.90. The van der Waals surface area contributed by atoms with E-state index in [9.17, 15) is 14.4 Å². The number of nitrogens with zero attached hydrogens (tertiary/aromatic N) is 1. The SMILES string of the molecule is CCCCCCCCCCCCCCCC1CCCC(OC)C1C1C(C(=O)OC(C)C)=C(C)NC(=O)N1C(=O)OCC. The molecule has 1 saturated carbocycles. The van der Waals surface area contributed by atoms with E-state index in [1.54, 1.807) is 34.8 Å². The molecule has 2 aliphatic rings. The van der Waals surface area contributed by atoms with E-state index in [-0.39, 0.29) is 30.7 Å². The second kappa shape index (κ2) is 20.0. The van der Waals surface area contributed by atoms with Crippen molar-refractivity contribution in [2.75, 3.05) is 13.7 Å². The first-order valence-electron chi connectivity index (χ1n) is 17.0. The summed E-state index contributed by atoms with van der Waals surface area (Å²) in [5.41, 5.74) is 0.747. The predicted molar refractivity (Wildman–Crippen MR) is 167 cm³/mol. The van der Waals surface area contributed by atoms with Gasteiger partial charge in [0.25, 0.3) is 0 Å². The number of hydrogen-bond donors (Lipinski definition) is 1. The topological polar surface area (TPSA) is 94.2 Å². The highest BCUT2D eigenvalue weighted by Gasteiger charge is 2.51. The lowest BCUT2D eigenvalue weighted by atomic mass is 9.68. The Labute approximate surface area is 255 Å². The van der Waals surface area contributed by atoms with Crippen molar-refractivity contribution in [2.24, 2.45) is 11.8 Å². The van der Waals surface area contributed by atoms with Gasteiger partial charge in [-0.3, -0.25) is 0 Å². The van der Waals surface area contributed by atoms with Crippen molar-refractivity contribution in [1.29, 1.82) is 0 Å². The normalized spacial score (nSPS) is 22.8. The van der Waals surface area contributed by atoms with Crippen molar-refractivity contribution in [1.82, 2.24) is 10.2 Å². The molecular weight excluding hydrogens is 532 g/mol. The van der Waals surface area contributed by atoms with E-state index in [2.05, 4.69) is 12.2 Å². The molecule has 4 unspecified atom stereocenters. The number of nitrogens with one attached hydrogen (secondary N) is 1. The molecule has 3 amide bonds. The highest BCUT2D eigenvalue weighted by Crippen LogP contribution is 2.43. The van der Waals surface area contributed by atoms with Gasteiger partial charge in [-0.1, -0.05) is 96.8 Å². The number of allylic oxidation sites excluding steroid dienone is 1. The van der Waals surface area contributed by atoms with Gasteiger partial charge in [0, 0.05) is 18.7 Å². The molecule has 1 heterocycles. The largest absolute Gasteiger partial charge is 0.460 e. The first-order chi connectivity index (χ1) is 20.3. The zero-order chi connectivity index (χ0) is 30.9. The van der Waals surface area contributed by atoms with E-state index in [4.69, 9.17) is 14.2 Å². The molecule has 1 N–H and O–H groups in total. The maximum Gasteiger partial charge on any atom is 0.418 e. The van der Waals surface area contributed by atoms with Crippen LogP contribution in [0.25, 0.3) is 0 Å². The van der Waals surface area contributed by atoms with Crippen LogP contribution in [0.5, 0.6) is 0 Å². The highest BCUT2D eigenvalue weighted by molar-refractivity contribution is 6.00. The van der Waals surface area contributed by atoms with Gasteiger partial charge in [-0.15, -0.1) is 0 Å². The molecule has 2 rings (SSSR count). The second-order valence-electron chi connectivity index (χ2n) is 12.5. The standard InChI is InChI=1S/C34H60N2O6/c1-7-9-10-11-12-13-14-15-16-17-18-19-20-22-27-23-21-24-28(40-6)30(27)31-29(32(37)42-25(3)4)26(5)35-33(38)36(31)34(39)41-8-2/h25,27-28,30-31H,7-24H2,1-6H3,(H,35,38). The van der Waals surface area contributed by atoms with Crippen molar-refractivity contribution >= 4 is 18.1 Å². The van der Waals surface area contributed by atoms with Crippen LogP contribution >= 0.6 is 0 Å².